The molecule has 2 atom stereocenters. The van der Waals surface area contributed by atoms with Gasteiger partial charge in [0.05, 0.1) is 0 Å². The van der Waals surface area contributed by atoms with E-state index in [0.717, 1.165) is 6.42 Å². The van der Waals surface area contributed by atoms with Crippen molar-refractivity contribution in [2.24, 2.45) is 0 Å². The fourth-order valence-corrected chi connectivity index (χ4v) is 3.60. The summed E-state index contributed by atoms with van der Waals surface area (Å²) >= 11 is 5.44. The zero-order chi connectivity index (χ0) is 13.0. The Kier molecular flexibility index (Phi) is 4.98. The van der Waals surface area contributed by atoms with Crippen LogP contribution in [0.15, 0.2) is 46.3 Å². The molecule has 0 amide bonds. The molecule has 0 saturated heterocycles. The number of benzene rings is 1. The predicted molar refractivity (Wildman–Crippen MR) is 83.2 cm³/mol. The van der Waals surface area contributed by atoms with Crippen molar-refractivity contribution < 1.29 is 0 Å². The van der Waals surface area contributed by atoms with Gasteiger partial charge in [0.15, 0.2) is 0 Å². The largest absolute Gasteiger partial charge is 0.307 e. The number of hydrogen-bond acceptors (Lipinski definition) is 2. The van der Waals surface area contributed by atoms with Crippen molar-refractivity contribution in [2.45, 2.75) is 32.4 Å². The average Bonchev–Trinajstić information content (AvgIpc) is 2.82. The summed E-state index contributed by atoms with van der Waals surface area (Å²) in [6, 6.07) is 13.5. The summed E-state index contributed by atoms with van der Waals surface area (Å²) in [7, 11) is 0. The molecule has 3 heteroatoms. The molecular formula is C15H18BrNS. The third kappa shape index (κ3) is 3.67. The maximum absolute atomic E-state index is 3.65. The highest BCUT2D eigenvalue weighted by atomic mass is 79.9. The van der Waals surface area contributed by atoms with Crippen molar-refractivity contribution in [1.29, 1.82) is 0 Å². The van der Waals surface area contributed by atoms with Gasteiger partial charge in [0.2, 0.25) is 0 Å². The second kappa shape index (κ2) is 6.50. The Morgan fingerprint density at radius 2 is 1.94 bits per heavy atom. The van der Waals surface area contributed by atoms with Crippen LogP contribution < -0.4 is 5.32 Å². The summed E-state index contributed by atoms with van der Waals surface area (Å²) < 4.78 is 1.17. The highest BCUT2D eigenvalue weighted by molar-refractivity contribution is 9.10. The van der Waals surface area contributed by atoms with E-state index in [0.29, 0.717) is 12.1 Å². The van der Waals surface area contributed by atoms with Gasteiger partial charge in [0.1, 0.15) is 0 Å². The molecule has 0 aliphatic rings. The lowest BCUT2D eigenvalue weighted by molar-refractivity contribution is 0.478. The van der Waals surface area contributed by atoms with Gasteiger partial charge in [-0.25, -0.2) is 0 Å². The third-order valence-electron chi connectivity index (χ3n) is 2.99. The fraction of sp³-hybridized carbons (Fsp3) is 0.333. The Morgan fingerprint density at radius 1 is 1.17 bits per heavy atom. The summed E-state index contributed by atoms with van der Waals surface area (Å²) in [6.07, 6.45) is 1.09. The second-order valence-corrected chi connectivity index (χ2v) is 6.48. The zero-order valence-electron chi connectivity index (χ0n) is 10.7. The monoisotopic (exact) mass is 323 g/mol. The quantitative estimate of drug-likeness (QED) is 0.833. The molecule has 2 aromatic rings. The molecule has 18 heavy (non-hydrogen) atoms. The molecule has 1 aromatic carbocycles. The van der Waals surface area contributed by atoms with E-state index in [1.807, 2.05) is 11.3 Å². The highest BCUT2D eigenvalue weighted by Gasteiger charge is 2.12. The maximum Gasteiger partial charge on any atom is 0.0305 e. The molecule has 1 N–H and O–H groups in total. The Hall–Kier alpha value is -0.640. The molecule has 0 aliphatic carbocycles. The third-order valence-corrected chi connectivity index (χ3v) is 4.61. The van der Waals surface area contributed by atoms with Gasteiger partial charge in [-0.05, 0) is 43.3 Å². The normalized spacial score (nSPS) is 14.4. The first-order valence-electron chi connectivity index (χ1n) is 6.19. The van der Waals surface area contributed by atoms with Crippen LogP contribution in [0.1, 0.15) is 30.3 Å². The molecule has 0 saturated carbocycles. The summed E-state index contributed by atoms with van der Waals surface area (Å²) in [5, 5.41) is 5.79. The first-order valence-corrected chi connectivity index (χ1v) is 7.87. The lowest BCUT2D eigenvalue weighted by Gasteiger charge is -2.21. The van der Waals surface area contributed by atoms with E-state index in [1.54, 1.807) is 0 Å². The smallest absolute Gasteiger partial charge is 0.0305 e. The molecule has 0 aliphatic heterocycles. The number of nitrogens with one attached hydrogen (secondary N) is 1. The molecule has 1 heterocycles. The van der Waals surface area contributed by atoms with Crippen LogP contribution in [0.5, 0.6) is 0 Å². The zero-order valence-corrected chi connectivity index (χ0v) is 13.1. The topological polar surface area (TPSA) is 12.0 Å². The molecule has 0 radical (unpaired) electrons. The lowest BCUT2D eigenvalue weighted by atomic mass is 10.1. The first kappa shape index (κ1) is 13.8. The molecule has 1 nitrogen and oxygen atoms in total. The van der Waals surface area contributed by atoms with Gasteiger partial charge in [-0.3, -0.25) is 0 Å². The molecule has 96 valence electrons. The van der Waals surface area contributed by atoms with E-state index in [2.05, 4.69) is 76.9 Å². The van der Waals surface area contributed by atoms with E-state index >= 15 is 0 Å². The molecule has 1 aromatic heterocycles. The summed E-state index contributed by atoms with van der Waals surface area (Å²) in [4.78, 5) is 1.44. The van der Waals surface area contributed by atoms with Gasteiger partial charge in [-0.2, -0.15) is 0 Å². The van der Waals surface area contributed by atoms with E-state index < -0.39 is 0 Å². The van der Waals surface area contributed by atoms with Crippen molar-refractivity contribution in [3.63, 3.8) is 0 Å². The van der Waals surface area contributed by atoms with Crippen LogP contribution in [-0.2, 0) is 6.42 Å². The lowest BCUT2D eigenvalue weighted by Crippen LogP contribution is -2.30. The molecule has 2 rings (SSSR count). The summed E-state index contributed by atoms with van der Waals surface area (Å²) in [5.41, 5.74) is 1.32. The molecule has 0 bridgehead atoms. The minimum absolute atomic E-state index is 0.357. The van der Waals surface area contributed by atoms with E-state index in [4.69, 9.17) is 0 Å². The van der Waals surface area contributed by atoms with Gasteiger partial charge in [-0.15, -0.1) is 11.3 Å². The van der Waals surface area contributed by atoms with E-state index in [1.165, 1.54) is 14.9 Å². The van der Waals surface area contributed by atoms with Crippen LogP contribution in [0.25, 0.3) is 0 Å². The van der Waals surface area contributed by atoms with Crippen molar-refractivity contribution in [2.75, 3.05) is 0 Å². The Balaban J connectivity index is 1.95. The van der Waals surface area contributed by atoms with Crippen molar-refractivity contribution in [1.82, 2.24) is 5.32 Å². The van der Waals surface area contributed by atoms with Gasteiger partial charge in [0, 0.05) is 21.4 Å². The summed E-state index contributed by atoms with van der Waals surface area (Å²) in [5.74, 6) is 0. The Bertz CT molecular complexity index is 481. The predicted octanol–water partition coefficient (Wildman–Crippen LogP) is 4.79. The van der Waals surface area contributed by atoms with Gasteiger partial charge >= 0.3 is 0 Å². The minimum Gasteiger partial charge on any atom is -0.307 e. The fourth-order valence-electron chi connectivity index (χ4n) is 2.13. The average molecular weight is 324 g/mol. The highest BCUT2D eigenvalue weighted by Crippen LogP contribution is 2.23. The SMILES string of the molecule is CC(Cc1cccs1)NC(C)c1ccccc1Br. The van der Waals surface area contributed by atoms with Gasteiger partial charge in [0.25, 0.3) is 0 Å². The van der Waals surface area contributed by atoms with Crippen LogP contribution in [0.4, 0.5) is 0 Å². The minimum atomic E-state index is 0.357. The number of thiophene rings is 1. The van der Waals surface area contributed by atoms with Crippen LogP contribution in [0.3, 0.4) is 0 Å². The standard InChI is InChI=1S/C15H18BrNS/c1-11(10-13-6-5-9-18-13)17-12(2)14-7-3-4-8-15(14)16/h3-9,11-12,17H,10H2,1-2H3. The van der Waals surface area contributed by atoms with Crippen LogP contribution >= 0.6 is 27.3 Å². The second-order valence-electron chi connectivity index (χ2n) is 4.59. The van der Waals surface area contributed by atoms with E-state index in [9.17, 15) is 0 Å². The number of rotatable bonds is 5. The molecule has 2 unspecified atom stereocenters. The van der Waals surface area contributed by atoms with Crippen LogP contribution in [0, 0.1) is 0 Å². The van der Waals surface area contributed by atoms with Gasteiger partial charge < -0.3 is 5.32 Å². The summed E-state index contributed by atoms with van der Waals surface area (Å²) in [6.45, 7) is 4.46. The van der Waals surface area contributed by atoms with Gasteiger partial charge in [-0.1, -0.05) is 40.2 Å². The van der Waals surface area contributed by atoms with Crippen molar-refractivity contribution in [3.05, 3.63) is 56.7 Å². The maximum atomic E-state index is 3.65. The first-order chi connectivity index (χ1) is 8.66. The molecule has 0 spiro atoms. The number of halogens is 1. The van der Waals surface area contributed by atoms with Crippen LogP contribution in [-0.4, -0.2) is 6.04 Å². The Labute approximate surface area is 121 Å². The van der Waals surface area contributed by atoms with Crippen molar-refractivity contribution in [3.8, 4) is 0 Å². The molecule has 0 fully saturated rings. The Morgan fingerprint density at radius 3 is 2.61 bits per heavy atom. The molecular weight excluding hydrogens is 306 g/mol. The van der Waals surface area contributed by atoms with E-state index in [-0.39, 0.29) is 0 Å². The number of hydrogen-bond donors (Lipinski definition) is 1. The van der Waals surface area contributed by atoms with Crippen molar-refractivity contribution >= 4 is 27.3 Å². The van der Waals surface area contributed by atoms with Crippen LogP contribution in [0.2, 0.25) is 0 Å².